The van der Waals surface area contributed by atoms with E-state index in [1.807, 2.05) is 78.9 Å². The van der Waals surface area contributed by atoms with E-state index < -0.39 is 0 Å². The monoisotopic (exact) mass is 453 g/mol. The van der Waals surface area contributed by atoms with E-state index in [2.05, 4.69) is 21.7 Å². The van der Waals surface area contributed by atoms with Crippen LogP contribution in [0.4, 0.5) is 10.8 Å². The largest absolute Gasteiger partial charge is 0.348 e. The Labute approximate surface area is 198 Å². The van der Waals surface area contributed by atoms with Crippen LogP contribution in [0.2, 0.25) is 0 Å². The fourth-order valence-corrected chi connectivity index (χ4v) is 5.27. The molecule has 1 N–H and O–H groups in total. The van der Waals surface area contributed by atoms with Crippen molar-refractivity contribution in [3.8, 4) is 11.3 Å². The number of hydrogen-bond donors (Lipinski definition) is 1. The van der Waals surface area contributed by atoms with Crippen LogP contribution in [0.3, 0.4) is 0 Å². The SMILES string of the molecule is O=C(Nc1cccc(-c2csc(N3CCCCC3)n2)c1)C(c1ccccc1)c1ccccc1. The minimum atomic E-state index is -0.374. The molecule has 5 rings (SSSR count). The maximum Gasteiger partial charge on any atom is 0.236 e. The van der Waals surface area contributed by atoms with E-state index in [0.717, 1.165) is 46.3 Å². The van der Waals surface area contributed by atoms with Crippen molar-refractivity contribution in [3.05, 3.63) is 101 Å². The average molecular weight is 454 g/mol. The molecule has 5 heteroatoms. The Morgan fingerprint density at radius 2 is 1.52 bits per heavy atom. The van der Waals surface area contributed by atoms with Crippen molar-refractivity contribution in [2.75, 3.05) is 23.3 Å². The van der Waals surface area contributed by atoms with E-state index in [1.54, 1.807) is 11.3 Å². The van der Waals surface area contributed by atoms with Crippen LogP contribution < -0.4 is 10.2 Å². The van der Waals surface area contributed by atoms with Gasteiger partial charge in [-0.05, 0) is 42.5 Å². The molecule has 0 unspecified atom stereocenters. The highest BCUT2D eigenvalue weighted by molar-refractivity contribution is 7.14. The molecule has 1 fully saturated rings. The Kier molecular flexibility index (Phi) is 6.49. The van der Waals surface area contributed by atoms with Gasteiger partial charge in [-0.2, -0.15) is 0 Å². The van der Waals surface area contributed by atoms with Crippen LogP contribution in [0.15, 0.2) is 90.3 Å². The van der Waals surface area contributed by atoms with Crippen molar-refractivity contribution in [1.29, 1.82) is 0 Å². The summed E-state index contributed by atoms with van der Waals surface area (Å²) in [6, 6.07) is 27.8. The number of nitrogens with one attached hydrogen (secondary N) is 1. The van der Waals surface area contributed by atoms with Gasteiger partial charge in [-0.25, -0.2) is 4.98 Å². The molecule has 0 aliphatic carbocycles. The van der Waals surface area contributed by atoms with Gasteiger partial charge >= 0.3 is 0 Å². The molecule has 0 bridgehead atoms. The number of piperidine rings is 1. The van der Waals surface area contributed by atoms with Crippen molar-refractivity contribution in [3.63, 3.8) is 0 Å². The van der Waals surface area contributed by atoms with Crippen LogP contribution in [0.25, 0.3) is 11.3 Å². The molecule has 4 aromatic rings. The van der Waals surface area contributed by atoms with E-state index in [0.29, 0.717) is 0 Å². The van der Waals surface area contributed by atoms with Gasteiger partial charge < -0.3 is 10.2 Å². The Morgan fingerprint density at radius 3 is 2.18 bits per heavy atom. The fraction of sp³-hybridized carbons (Fsp3) is 0.214. The Bertz CT molecular complexity index is 1160. The molecule has 3 aromatic carbocycles. The molecule has 1 aromatic heterocycles. The maximum atomic E-state index is 13.4. The summed E-state index contributed by atoms with van der Waals surface area (Å²) in [6.07, 6.45) is 3.78. The topological polar surface area (TPSA) is 45.2 Å². The number of thiazole rings is 1. The summed E-state index contributed by atoms with van der Waals surface area (Å²) in [6.45, 7) is 2.17. The van der Waals surface area contributed by atoms with E-state index in [9.17, 15) is 4.79 Å². The van der Waals surface area contributed by atoms with E-state index in [-0.39, 0.29) is 11.8 Å². The number of nitrogens with zero attached hydrogens (tertiary/aromatic N) is 2. The number of rotatable bonds is 6. The third-order valence-corrected chi connectivity index (χ3v) is 6.97. The molecule has 33 heavy (non-hydrogen) atoms. The first-order chi connectivity index (χ1) is 16.3. The van der Waals surface area contributed by atoms with Crippen LogP contribution in [0.1, 0.15) is 36.3 Å². The second kappa shape index (κ2) is 10.0. The van der Waals surface area contributed by atoms with E-state index >= 15 is 0 Å². The van der Waals surface area contributed by atoms with Gasteiger partial charge in [-0.3, -0.25) is 4.79 Å². The number of carbonyl (C=O) groups excluding carboxylic acids is 1. The quantitative estimate of drug-likeness (QED) is 0.359. The zero-order valence-corrected chi connectivity index (χ0v) is 19.3. The standard InChI is InChI=1S/C28H27N3OS/c32-27(26(21-11-4-1-5-12-21)22-13-6-2-7-14-22)29-24-16-10-15-23(19-24)25-20-33-28(30-25)31-17-8-3-9-18-31/h1-2,4-7,10-16,19-20,26H,3,8-9,17-18H2,(H,29,32). The first kappa shape index (κ1) is 21.4. The minimum Gasteiger partial charge on any atom is -0.348 e. The van der Waals surface area contributed by atoms with Crippen molar-refractivity contribution >= 4 is 28.1 Å². The smallest absolute Gasteiger partial charge is 0.236 e. The number of amides is 1. The number of benzene rings is 3. The highest BCUT2D eigenvalue weighted by Gasteiger charge is 2.23. The second-order valence-corrected chi connectivity index (χ2v) is 9.22. The van der Waals surface area contributed by atoms with Crippen molar-refractivity contribution in [2.45, 2.75) is 25.2 Å². The minimum absolute atomic E-state index is 0.0446. The van der Waals surface area contributed by atoms with Gasteiger partial charge in [0.25, 0.3) is 0 Å². The van der Waals surface area contributed by atoms with Gasteiger partial charge in [0.1, 0.15) is 0 Å². The van der Waals surface area contributed by atoms with Crippen LogP contribution in [0.5, 0.6) is 0 Å². The lowest BCUT2D eigenvalue weighted by atomic mass is 9.90. The first-order valence-electron chi connectivity index (χ1n) is 11.5. The lowest BCUT2D eigenvalue weighted by Gasteiger charge is -2.25. The molecule has 0 atom stereocenters. The van der Waals surface area contributed by atoms with Gasteiger partial charge in [-0.15, -0.1) is 11.3 Å². The summed E-state index contributed by atoms with van der Waals surface area (Å²) >= 11 is 1.70. The summed E-state index contributed by atoms with van der Waals surface area (Å²) in [4.78, 5) is 20.7. The summed E-state index contributed by atoms with van der Waals surface area (Å²) in [5.74, 6) is -0.419. The summed E-state index contributed by atoms with van der Waals surface area (Å²) < 4.78 is 0. The third-order valence-electron chi connectivity index (χ3n) is 6.07. The molecule has 1 aliphatic heterocycles. The summed E-state index contributed by atoms with van der Waals surface area (Å²) in [5.41, 5.74) is 4.70. The highest BCUT2D eigenvalue weighted by atomic mass is 32.1. The van der Waals surface area contributed by atoms with Crippen molar-refractivity contribution in [2.24, 2.45) is 0 Å². The molecule has 1 aliphatic rings. The van der Waals surface area contributed by atoms with Gasteiger partial charge in [0.2, 0.25) is 5.91 Å². The molecular weight excluding hydrogens is 426 g/mol. The predicted octanol–water partition coefficient (Wildman–Crippen LogP) is 6.57. The van der Waals surface area contributed by atoms with Gasteiger partial charge in [0.15, 0.2) is 5.13 Å². The number of hydrogen-bond acceptors (Lipinski definition) is 4. The van der Waals surface area contributed by atoms with Crippen LogP contribution in [0, 0.1) is 0 Å². The molecule has 0 saturated carbocycles. The number of anilines is 2. The zero-order chi connectivity index (χ0) is 22.5. The molecule has 0 spiro atoms. The number of aromatic nitrogens is 1. The van der Waals surface area contributed by atoms with E-state index in [4.69, 9.17) is 4.98 Å². The zero-order valence-electron chi connectivity index (χ0n) is 18.5. The molecule has 1 saturated heterocycles. The van der Waals surface area contributed by atoms with Crippen LogP contribution in [-0.4, -0.2) is 24.0 Å². The van der Waals surface area contributed by atoms with Gasteiger partial charge in [0, 0.05) is 29.7 Å². The Morgan fingerprint density at radius 1 is 0.848 bits per heavy atom. The Hall–Kier alpha value is -3.44. The molecule has 4 nitrogen and oxygen atoms in total. The van der Waals surface area contributed by atoms with Crippen LogP contribution in [-0.2, 0) is 4.79 Å². The van der Waals surface area contributed by atoms with Gasteiger partial charge in [0.05, 0.1) is 11.6 Å². The van der Waals surface area contributed by atoms with Gasteiger partial charge in [-0.1, -0.05) is 72.8 Å². The first-order valence-corrected chi connectivity index (χ1v) is 12.4. The van der Waals surface area contributed by atoms with Crippen molar-refractivity contribution in [1.82, 2.24) is 4.98 Å². The lowest BCUT2D eigenvalue weighted by Crippen LogP contribution is -2.29. The molecule has 1 amide bonds. The lowest BCUT2D eigenvalue weighted by molar-refractivity contribution is -0.116. The maximum absolute atomic E-state index is 13.4. The summed E-state index contributed by atoms with van der Waals surface area (Å²) in [7, 11) is 0. The molecular formula is C28H27N3OS. The van der Waals surface area contributed by atoms with Crippen LogP contribution >= 0.6 is 11.3 Å². The average Bonchev–Trinajstić information content (AvgIpc) is 3.37. The summed E-state index contributed by atoms with van der Waals surface area (Å²) in [5, 5.41) is 6.35. The molecule has 0 radical (unpaired) electrons. The second-order valence-electron chi connectivity index (χ2n) is 8.39. The molecule has 2 heterocycles. The normalized spacial score (nSPS) is 13.8. The van der Waals surface area contributed by atoms with E-state index in [1.165, 1.54) is 19.3 Å². The predicted molar refractivity (Wildman–Crippen MR) is 137 cm³/mol. The van der Waals surface area contributed by atoms with Crippen molar-refractivity contribution < 1.29 is 4.79 Å². The fourth-order valence-electron chi connectivity index (χ4n) is 4.38. The molecule has 166 valence electrons. The highest BCUT2D eigenvalue weighted by Crippen LogP contribution is 2.31. The number of carbonyl (C=O) groups is 1. The Balaban J connectivity index is 1.37. The third kappa shape index (κ3) is 4.99.